The van der Waals surface area contributed by atoms with Gasteiger partial charge < -0.3 is 16.0 Å². The molecule has 2 aromatic rings. The Bertz CT molecular complexity index is 612. The highest BCUT2D eigenvalue weighted by molar-refractivity contribution is 5.94. The minimum absolute atomic E-state index is 0.0886. The molecule has 0 aliphatic rings. The molecule has 1 heterocycles. The van der Waals surface area contributed by atoms with E-state index in [2.05, 4.69) is 10.3 Å². The maximum absolute atomic E-state index is 12.0. The van der Waals surface area contributed by atoms with E-state index >= 15 is 0 Å². The van der Waals surface area contributed by atoms with Crippen LogP contribution in [0.2, 0.25) is 0 Å². The zero-order valence-corrected chi connectivity index (χ0v) is 11.6. The van der Waals surface area contributed by atoms with Crippen molar-refractivity contribution in [1.29, 1.82) is 0 Å². The molecule has 0 aliphatic heterocycles. The van der Waals surface area contributed by atoms with Crippen LogP contribution in [-0.4, -0.2) is 24.5 Å². The van der Waals surface area contributed by atoms with E-state index in [1.807, 2.05) is 38.2 Å². The molecule has 0 saturated carbocycles. The molecule has 104 valence electrons. The molecule has 20 heavy (non-hydrogen) atoms. The highest BCUT2D eigenvalue weighted by atomic mass is 16.2. The molecule has 0 radical (unpaired) electrons. The standard InChI is InChI=1S/C15H18N4O/c1-11-4-3-5-12(8-11)18-15(20)10-19(2)14-6-7-17-9-13(14)16/h3-9H,10,16H2,1-2H3,(H,18,20). The second-order valence-electron chi connectivity index (χ2n) is 4.71. The zero-order chi connectivity index (χ0) is 14.5. The lowest BCUT2D eigenvalue weighted by atomic mass is 10.2. The van der Waals surface area contributed by atoms with Crippen LogP contribution in [0.5, 0.6) is 0 Å². The monoisotopic (exact) mass is 270 g/mol. The molecule has 0 atom stereocenters. The Kier molecular flexibility index (Phi) is 4.20. The summed E-state index contributed by atoms with van der Waals surface area (Å²) in [4.78, 5) is 17.7. The van der Waals surface area contributed by atoms with Gasteiger partial charge in [-0.1, -0.05) is 12.1 Å². The number of carbonyl (C=O) groups is 1. The molecule has 0 saturated heterocycles. The van der Waals surface area contributed by atoms with Gasteiger partial charge in [0.25, 0.3) is 0 Å². The van der Waals surface area contributed by atoms with Crippen molar-refractivity contribution in [2.45, 2.75) is 6.92 Å². The van der Waals surface area contributed by atoms with Gasteiger partial charge in [0.2, 0.25) is 5.91 Å². The minimum atomic E-state index is -0.0886. The number of amides is 1. The number of nitrogens with two attached hydrogens (primary N) is 1. The van der Waals surface area contributed by atoms with Gasteiger partial charge in [0.1, 0.15) is 0 Å². The van der Waals surface area contributed by atoms with E-state index in [1.54, 1.807) is 23.4 Å². The molecule has 0 bridgehead atoms. The van der Waals surface area contributed by atoms with Gasteiger partial charge in [-0.3, -0.25) is 9.78 Å². The molecule has 3 N–H and O–H groups in total. The number of rotatable bonds is 4. The summed E-state index contributed by atoms with van der Waals surface area (Å²) in [5.41, 5.74) is 9.08. The third kappa shape index (κ3) is 3.47. The van der Waals surface area contributed by atoms with Gasteiger partial charge in [-0.25, -0.2) is 0 Å². The van der Waals surface area contributed by atoms with Crippen LogP contribution in [0.15, 0.2) is 42.7 Å². The largest absolute Gasteiger partial charge is 0.396 e. The predicted molar refractivity (Wildman–Crippen MR) is 81.7 cm³/mol. The van der Waals surface area contributed by atoms with Gasteiger partial charge in [-0.05, 0) is 30.7 Å². The normalized spacial score (nSPS) is 10.1. The number of pyridine rings is 1. The molecule has 1 amide bonds. The van der Waals surface area contributed by atoms with Crippen molar-refractivity contribution >= 4 is 23.0 Å². The minimum Gasteiger partial charge on any atom is -0.396 e. The lowest BCUT2D eigenvalue weighted by Crippen LogP contribution is -2.30. The van der Waals surface area contributed by atoms with Crippen molar-refractivity contribution in [2.24, 2.45) is 0 Å². The Morgan fingerprint density at radius 3 is 2.90 bits per heavy atom. The molecule has 0 spiro atoms. The highest BCUT2D eigenvalue weighted by Crippen LogP contribution is 2.19. The molecule has 0 aliphatic carbocycles. The molecule has 0 unspecified atom stereocenters. The molecule has 5 nitrogen and oxygen atoms in total. The summed E-state index contributed by atoms with van der Waals surface area (Å²) in [7, 11) is 1.82. The molecule has 1 aromatic carbocycles. The lowest BCUT2D eigenvalue weighted by Gasteiger charge is -2.20. The van der Waals surface area contributed by atoms with Crippen LogP contribution in [0.3, 0.4) is 0 Å². The zero-order valence-electron chi connectivity index (χ0n) is 11.6. The van der Waals surface area contributed by atoms with Gasteiger partial charge >= 0.3 is 0 Å². The van der Waals surface area contributed by atoms with Crippen molar-refractivity contribution in [1.82, 2.24) is 4.98 Å². The van der Waals surface area contributed by atoms with Gasteiger partial charge in [-0.15, -0.1) is 0 Å². The molecule has 1 aromatic heterocycles. The fourth-order valence-corrected chi connectivity index (χ4v) is 1.97. The number of benzene rings is 1. The Balaban J connectivity index is 2.00. The fourth-order valence-electron chi connectivity index (χ4n) is 1.97. The topological polar surface area (TPSA) is 71.2 Å². The Morgan fingerprint density at radius 1 is 1.40 bits per heavy atom. The van der Waals surface area contributed by atoms with Gasteiger partial charge in [0.05, 0.1) is 24.1 Å². The van der Waals surface area contributed by atoms with E-state index < -0.39 is 0 Å². The Hall–Kier alpha value is -2.56. The molecular formula is C15H18N4O. The van der Waals surface area contributed by atoms with Crippen LogP contribution in [0.4, 0.5) is 17.1 Å². The van der Waals surface area contributed by atoms with Crippen LogP contribution in [0, 0.1) is 6.92 Å². The van der Waals surface area contributed by atoms with Gasteiger partial charge in [0.15, 0.2) is 0 Å². The van der Waals surface area contributed by atoms with Crippen molar-refractivity contribution in [2.75, 3.05) is 29.5 Å². The maximum Gasteiger partial charge on any atom is 0.243 e. The van der Waals surface area contributed by atoms with Crippen molar-refractivity contribution < 1.29 is 4.79 Å². The number of hydrogen-bond donors (Lipinski definition) is 2. The molecule has 0 fully saturated rings. The van der Waals surface area contributed by atoms with E-state index in [4.69, 9.17) is 5.73 Å². The van der Waals surface area contributed by atoms with E-state index in [-0.39, 0.29) is 12.5 Å². The summed E-state index contributed by atoms with van der Waals surface area (Å²) < 4.78 is 0. The smallest absolute Gasteiger partial charge is 0.243 e. The lowest BCUT2D eigenvalue weighted by molar-refractivity contribution is -0.114. The summed E-state index contributed by atoms with van der Waals surface area (Å²) in [6.45, 7) is 2.21. The number of aryl methyl sites for hydroxylation is 1. The number of nitrogens with one attached hydrogen (secondary N) is 1. The van der Waals surface area contributed by atoms with Crippen LogP contribution in [-0.2, 0) is 4.79 Å². The first-order chi connectivity index (χ1) is 9.56. The quantitative estimate of drug-likeness (QED) is 0.892. The predicted octanol–water partition coefficient (Wildman–Crippen LogP) is 2.05. The summed E-state index contributed by atoms with van der Waals surface area (Å²) in [5.74, 6) is -0.0886. The average Bonchev–Trinajstić information content (AvgIpc) is 2.38. The summed E-state index contributed by atoms with van der Waals surface area (Å²) in [6.07, 6.45) is 3.23. The fraction of sp³-hybridized carbons (Fsp3) is 0.200. The number of nitrogen functional groups attached to an aromatic ring is 1. The number of aromatic nitrogens is 1. The van der Waals surface area contributed by atoms with E-state index in [9.17, 15) is 4.79 Å². The average molecular weight is 270 g/mol. The Labute approximate surface area is 118 Å². The van der Waals surface area contributed by atoms with Crippen molar-refractivity contribution in [3.8, 4) is 0 Å². The SMILES string of the molecule is Cc1cccc(NC(=O)CN(C)c2ccncc2N)c1. The van der Waals surface area contributed by atoms with E-state index in [0.29, 0.717) is 5.69 Å². The van der Waals surface area contributed by atoms with Crippen LogP contribution >= 0.6 is 0 Å². The third-order valence-corrected chi connectivity index (χ3v) is 2.92. The van der Waals surface area contributed by atoms with Gasteiger partial charge in [0, 0.05) is 18.9 Å². The van der Waals surface area contributed by atoms with Crippen LogP contribution < -0.4 is 16.0 Å². The summed E-state index contributed by atoms with van der Waals surface area (Å²) >= 11 is 0. The Morgan fingerprint density at radius 2 is 2.20 bits per heavy atom. The van der Waals surface area contributed by atoms with Gasteiger partial charge in [-0.2, -0.15) is 0 Å². The maximum atomic E-state index is 12.0. The number of likely N-dealkylation sites (N-methyl/N-ethyl adjacent to an activating group) is 1. The molecule has 2 rings (SSSR count). The second kappa shape index (κ2) is 6.06. The molecular weight excluding hydrogens is 252 g/mol. The van der Waals surface area contributed by atoms with E-state index in [0.717, 1.165) is 16.9 Å². The third-order valence-electron chi connectivity index (χ3n) is 2.92. The summed E-state index contributed by atoms with van der Waals surface area (Å²) in [5, 5.41) is 2.87. The number of carbonyl (C=O) groups excluding carboxylic acids is 1. The first kappa shape index (κ1) is 13.9. The summed E-state index contributed by atoms with van der Waals surface area (Å²) in [6, 6.07) is 9.48. The van der Waals surface area contributed by atoms with Crippen molar-refractivity contribution in [3.05, 3.63) is 48.3 Å². The van der Waals surface area contributed by atoms with Crippen LogP contribution in [0.1, 0.15) is 5.56 Å². The van der Waals surface area contributed by atoms with E-state index in [1.165, 1.54) is 0 Å². The second-order valence-corrected chi connectivity index (χ2v) is 4.71. The number of nitrogens with zero attached hydrogens (tertiary/aromatic N) is 2. The number of anilines is 3. The molecule has 5 heteroatoms. The first-order valence-corrected chi connectivity index (χ1v) is 6.33. The first-order valence-electron chi connectivity index (χ1n) is 6.33. The highest BCUT2D eigenvalue weighted by Gasteiger charge is 2.10. The van der Waals surface area contributed by atoms with Crippen LogP contribution in [0.25, 0.3) is 0 Å². The number of hydrogen-bond acceptors (Lipinski definition) is 4. The van der Waals surface area contributed by atoms with Crippen molar-refractivity contribution in [3.63, 3.8) is 0 Å².